The number of rotatable bonds is 25. The number of amidine groups is 2. The Morgan fingerprint density at radius 2 is 1.55 bits per heavy atom. The minimum Gasteiger partial charge on any atom is -0.494 e. The van der Waals surface area contributed by atoms with Crippen LogP contribution in [-0.4, -0.2) is 103 Å². The summed E-state index contributed by atoms with van der Waals surface area (Å²) in [6, 6.07) is 16.2. The van der Waals surface area contributed by atoms with E-state index in [2.05, 4.69) is 20.6 Å². The number of unbranched alkanes of at least 4 members (excludes halogenated alkanes) is 3. The summed E-state index contributed by atoms with van der Waals surface area (Å²) in [4.78, 5) is 32.9. The average Bonchev–Trinajstić information content (AvgIpc) is 3.14. The molecule has 0 aliphatic heterocycles. The zero-order valence-electron chi connectivity index (χ0n) is 29.6. The number of likely N-dealkylation sites (N-methyl/N-ethyl adjacent to an activating group) is 1. The molecule has 14 heteroatoms. The normalized spacial score (nSPS) is 11.4. The van der Waals surface area contributed by atoms with E-state index in [0.717, 1.165) is 37.0 Å². The van der Waals surface area contributed by atoms with Crippen LogP contribution in [0.1, 0.15) is 73.1 Å². The van der Waals surface area contributed by atoms with Crippen LogP contribution in [0.4, 0.5) is 5.69 Å². The summed E-state index contributed by atoms with van der Waals surface area (Å²) in [6.07, 6.45) is 7.51. The SMILES string of the molecule is C[C@H](NC(=O)c1cccc(NCC(=N)N(C)C(=N)c2ccncn2)c1)c1cccc(OCCCCCCOCCOCCOCCCC(=O)O)c1. The Morgan fingerprint density at radius 3 is 2.25 bits per heavy atom. The topological polar surface area (TPSA) is 192 Å². The fraction of sp³-hybridized carbons (Fsp3) is 0.459. The van der Waals surface area contributed by atoms with E-state index >= 15 is 0 Å². The van der Waals surface area contributed by atoms with Crippen LogP contribution in [0.2, 0.25) is 0 Å². The van der Waals surface area contributed by atoms with Crippen LogP contribution in [0, 0.1) is 10.8 Å². The van der Waals surface area contributed by atoms with Crippen molar-refractivity contribution in [3.63, 3.8) is 0 Å². The number of carboxylic acids is 1. The van der Waals surface area contributed by atoms with Gasteiger partial charge in [0.1, 0.15) is 23.6 Å². The van der Waals surface area contributed by atoms with Crippen LogP contribution in [0.5, 0.6) is 5.75 Å². The first-order valence-corrected chi connectivity index (χ1v) is 17.2. The first-order chi connectivity index (χ1) is 24.7. The highest BCUT2D eigenvalue weighted by Gasteiger charge is 2.15. The molecule has 0 spiro atoms. The van der Waals surface area contributed by atoms with Crippen LogP contribution in [0.15, 0.2) is 67.1 Å². The number of aromatic nitrogens is 2. The van der Waals surface area contributed by atoms with E-state index in [1.807, 2.05) is 37.3 Å². The molecule has 0 radical (unpaired) electrons. The molecule has 14 nitrogen and oxygen atoms in total. The number of hydrogen-bond donors (Lipinski definition) is 5. The van der Waals surface area contributed by atoms with E-state index in [4.69, 9.17) is 34.9 Å². The zero-order valence-corrected chi connectivity index (χ0v) is 29.6. The standard InChI is InChI=1S/C37H51N7O7/c1-28(43-37(47)30-11-7-12-31(24-30)41-26-34(38)44(2)36(39)33-15-16-40-27-42-33)29-10-8-13-32(25-29)51-19-6-4-3-5-17-48-20-22-50-23-21-49-18-9-14-35(45)46/h7-8,10-13,15-16,24-25,27-28,38-39,41H,3-6,9,14,17-23,26H2,1-2H3,(H,43,47)(H,45,46)/t28-/m0/s1. The van der Waals surface area contributed by atoms with Gasteiger partial charge in [0.2, 0.25) is 0 Å². The van der Waals surface area contributed by atoms with Crippen molar-refractivity contribution >= 4 is 29.2 Å². The van der Waals surface area contributed by atoms with Crippen LogP contribution in [0.3, 0.4) is 0 Å². The van der Waals surface area contributed by atoms with Crippen molar-refractivity contribution in [2.24, 2.45) is 0 Å². The minimum absolute atomic E-state index is 0.0888. The van der Waals surface area contributed by atoms with Gasteiger partial charge in [-0.15, -0.1) is 0 Å². The number of ether oxygens (including phenoxy) is 4. The number of anilines is 1. The van der Waals surface area contributed by atoms with Gasteiger partial charge < -0.3 is 39.6 Å². The van der Waals surface area contributed by atoms with Crippen molar-refractivity contribution in [1.29, 1.82) is 10.8 Å². The van der Waals surface area contributed by atoms with Gasteiger partial charge in [0.15, 0.2) is 5.84 Å². The van der Waals surface area contributed by atoms with E-state index in [1.54, 1.807) is 37.5 Å². The quantitative estimate of drug-likeness (QED) is 0.0444. The number of amides is 1. The van der Waals surface area contributed by atoms with E-state index < -0.39 is 5.97 Å². The first-order valence-electron chi connectivity index (χ1n) is 17.2. The summed E-state index contributed by atoms with van der Waals surface area (Å²) >= 11 is 0. The second-order valence-corrected chi connectivity index (χ2v) is 11.7. The highest BCUT2D eigenvalue weighted by atomic mass is 16.5. The zero-order chi connectivity index (χ0) is 36.7. The Kier molecular flexibility index (Phi) is 18.6. The van der Waals surface area contributed by atoms with Crippen molar-refractivity contribution in [2.75, 3.05) is 65.2 Å². The lowest BCUT2D eigenvalue weighted by Crippen LogP contribution is -2.37. The summed E-state index contributed by atoms with van der Waals surface area (Å²) in [6.45, 7) is 5.75. The average molecular weight is 706 g/mol. The number of hydrogen-bond acceptors (Lipinski definition) is 11. The Morgan fingerprint density at radius 1 is 0.863 bits per heavy atom. The second-order valence-electron chi connectivity index (χ2n) is 11.7. The van der Waals surface area contributed by atoms with Crippen molar-refractivity contribution < 1.29 is 33.6 Å². The molecule has 0 bridgehead atoms. The minimum atomic E-state index is -0.812. The highest BCUT2D eigenvalue weighted by Crippen LogP contribution is 2.21. The Bertz CT molecular complexity index is 1510. The summed E-state index contributed by atoms with van der Waals surface area (Å²) in [5.41, 5.74) is 2.52. The van der Waals surface area contributed by atoms with Crippen LogP contribution >= 0.6 is 0 Å². The van der Waals surface area contributed by atoms with Gasteiger partial charge in [0, 0.05) is 44.1 Å². The molecule has 0 aliphatic carbocycles. The van der Waals surface area contributed by atoms with Gasteiger partial charge in [0.05, 0.1) is 45.6 Å². The molecule has 0 saturated heterocycles. The predicted molar refractivity (Wildman–Crippen MR) is 195 cm³/mol. The number of carbonyl (C=O) groups excluding carboxylic acids is 1. The van der Waals surface area contributed by atoms with Gasteiger partial charge in [-0.1, -0.05) is 24.6 Å². The van der Waals surface area contributed by atoms with Crippen molar-refractivity contribution in [3.05, 3.63) is 83.9 Å². The number of benzene rings is 2. The summed E-state index contributed by atoms with van der Waals surface area (Å²) in [5, 5.41) is 31.5. The van der Waals surface area contributed by atoms with Gasteiger partial charge in [-0.05, 0) is 74.6 Å². The fourth-order valence-corrected chi connectivity index (χ4v) is 4.77. The molecule has 0 aliphatic rings. The third-order valence-corrected chi connectivity index (χ3v) is 7.73. The first kappa shape index (κ1) is 40.5. The summed E-state index contributed by atoms with van der Waals surface area (Å²) in [7, 11) is 1.64. The lowest BCUT2D eigenvalue weighted by atomic mass is 10.1. The maximum atomic E-state index is 13.1. The smallest absolute Gasteiger partial charge is 0.303 e. The monoisotopic (exact) mass is 705 g/mol. The fourth-order valence-electron chi connectivity index (χ4n) is 4.77. The van der Waals surface area contributed by atoms with Crippen LogP contribution in [-0.2, 0) is 19.0 Å². The molecule has 2 aromatic carbocycles. The second kappa shape index (κ2) is 23.5. The molecular formula is C37H51N7O7. The number of nitrogens with one attached hydrogen (secondary N) is 4. The molecule has 3 rings (SSSR count). The van der Waals surface area contributed by atoms with E-state index in [9.17, 15) is 9.59 Å². The van der Waals surface area contributed by atoms with Gasteiger partial charge >= 0.3 is 5.97 Å². The number of carbonyl (C=O) groups is 2. The van der Waals surface area contributed by atoms with Gasteiger partial charge in [-0.3, -0.25) is 20.4 Å². The van der Waals surface area contributed by atoms with Crippen LogP contribution in [0.25, 0.3) is 0 Å². The highest BCUT2D eigenvalue weighted by molar-refractivity contribution is 6.06. The number of nitrogens with zero attached hydrogens (tertiary/aromatic N) is 3. The molecule has 1 atom stereocenters. The molecule has 3 aromatic rings. The number of aliphatic carboxylic acids is 1. The molecule has 51 heavy (non-hydrogen) atoms. The van der Waals surface area contributed by atoms with E-state index in [-0.39, 0.29) is 36.6 Å². The molecular weight excluding hydrogens is 654 g/mol. The maximum Gasteiger partial charge on any atom is 0.303 e. The Hall–Kier alpha value is -4.92. The van der Waals surface area contributed by atoms with Gasteiger partial charge in [0.25, 0.3) is 5.91 Å². The van der Waals surface area contributed by atoms with Gasteiger partial charge in [-0.25, -0.2) is 9.97 Å². The molecule has 276 valence electrons. The van der Waals surface area contributed by atoms with E-state index in [1.165, 1.54) is 11.2 Å². The molecule has 0 saturated carbocycles. The summed E-state index contributed by atoms with van der Waals surface area (Å²) < 4.78 is 22.4. The molecule has 1 heterocycles. The van der Waals surface area contributed by atoms with Crippen molar-refractivity contribution in [1.82, 2.24) is 20.2 Å². The Balaban J connectivity index is 1.27. The largest absolute Gasteiger partial charge is 0.494 e. The van der Waals surface area contributed by atoms with E-state index in [0.29, 0.717) is 69.6 Å². The predicted octanol–water partition coefficient (Wildman–Crippen LogP) is 5.17. The Labute approximate surface area is 299 Å². The summed E-state index contributed by atoms with van der Waals surface area (Å²) in [5.74, 6) is -0.0166. The third-order valence-electron chi connectivity index (χ3n) is 7.73. The molecule has 0 fully saturated rings. The van der Waals surface area contributed by atoms with Crippen LogP contribution < -0.4 is 15.4 Å². The molecule has 0 unspecified atom stereocenters. The lowest BCUT2D eigenvalue weighted by Gasteiger charge is -2.21. The van der Waals surface area contributed by atoms with Crippen molar-refractivity contribution in [2.45, 2.75) is 51.5 Å². The molecule has 5 N–H and O–H groups in total. The van der Waals surface area contributed by atoms with Crippen molar-refractivity contribution in [3.8, 4) is 5.75 Å². The number of carboxylic acid groups (broad SMARTS) is 1. The molecule has 1 amide bonds. The lowest BCUT2D eigenvalue weighted by molar-refractivity contribution is -0.137. The molecule has 1 aromatic heterocycles. The maximum absolute atomic E-state index is 13.1. The van der Waals surface area contributed by atoms with Gasteiger partial charge in [-0.2, -0.15) is 0 Å². The third kappa shape index (κ3) is 16.1.